The lowest BCUT2D eigenvalue weighted by Crippen LogP contribution is -2.58. The predicted octanol–water partition coefficient (Wildman–Crippen LogP) is 1.97. The van der Waals surface area contributed by atoms with Gasteiger partial charge in [0.1, 0.15) is 0 Å². The van der Waals surface area contributed by atoms with E-state index in [1.54, 1.807) is 13.0 Å². The average Bonchev–Trinajstić information content (AvgIpc) is 2.37. The molecule has 1 aromatic rings. The van der Waals surface area contributed by atoms with E-state index in [4.69, 9.17) is 0 Å². The van der Waals surface area contributed by atoms with Crippen molar-refractivity contribution in [3.63, 3.8) is 0 Å². The number of hydrogen-bond donors (Lipinski definition) is 1. The molecule has 1 amide bonds. The van der Waals surface area contributed by atoms with Crippen molar-refractivity contribution in [3.8, 4) is 0 Å². The summed E-state index contributed by atoms with van der Waals surface area (Å²) in [6, 6.07) is 10.2. The van der Waals surface area contributed by atoms with Crippen LogP contribution in [0.25, 0.3) is 0 Å². The second kappa shape index (κ2) is 5.36. The lowest BCUT2D eigenvalue weighted by molar-refractivity contribution is -0.152. The quantitative estimate of drug-likeness (QED) is 0.651. The van der Waals surface area contributed by atoms with Crippen LogP contribution in [0.1, 0.15) is 19.4 Å². The topological polar surface area (TPSA) is 40.5 Å². The van der Waals surface area contributed by atoms with Gasteiger partial charge in [0.05, 0.1) is 12.0 Å². The van der Waals surface area contributed by atoms with Gasteiger partial charge in [-0.3, -0.25) is 4.79 Å². The Labute approximate surface area is 108 Å². The number of benzene rings is 1. The van der Waals surface area contributed by atoms with E-state index in [0.29, 0.717) is 6.54 Å². The maximum Gasteiger partial charge on any atom is 0.232 e. The fourth-order valence-electron chi connectivity index (χ4n) is 2.24. The number of likely N-dealkylation sites (tertiary alicyclic amines) is 1. The third-order valence-electron chi connectivity index (χ3n) is 3.37. The van der Waals surface area contributed by atoms with Crippen LogP contribution in [0.4, 0.5) is 0 Å². The molecule has 1 fully saturated rings. The first kappa shape index (κ1) is 12.8. The van der Waals surface area contributed by atoms with E-state index >= 15 is 0 Å². The van der Waals surface area contributed by atoms with E-state index < -0.39 is 6.10 Å². The summed E-state index contributed by atoms with van der Waals surface area (Å²) in [5.41, 5.74) is 1.15. The summed E-state index contributed by atoms with van der Waals surface area (Å²) in [4.78, 5) is 13.8. The standard InChI is InChI=1S/C15H19NO2/c1-11(17)8-9-14-12(2)16(15(14)18)10-13-6-4-3-5-7-13/h3-9,11-12,14,17H,10H2,1-2H3/b9-8+/t11-,12-,14-/m0/s1. The average molecular weight is 245 g/mol. The Balaban J connectivity index is 1.96. The summed E-state index contributed by atoms with van der Waals surface area (Å²) in [6.45, 7) is 4.40. The van der Waals surface area contributed by atoms with Crippen LogP contribution < -0.4 is 0 Å². The molecule has 1 heterocycles. The van der Waals surface area contributed by atoms with Gasteiger partial charge in [-0.15, -0.1) is 0 Å². The summed E-state index contributed by atoms with van der Waals surface area (Å²) in [7, 11) is 0. The van der Waals surface area contributed by atoms with E-state index in [2.05, 4.69) is 0 Å². The summed E-state index contributed by atoms with van der Waals surface area (Å²) in [6.07, 6.45) is 3.01. The molecule has 1 aromatic carbocycles. The maximum atomic E-state index is 12.0. The number of aliphatic hydroxyl groups is 1. The normalized spacial score (nSPS) is 25.3. The third kappa shape index (κ3) is 2.62. The van der Waals surface area contributed by atoms with Crippen LogP contribution in [0.3, 0.4) is 0 Å². The molecule has 0 radical (unpaired) electrons. The molecule has 0 saturated carbocycles. The molecule has 1 saturated heterocycles. The van der Waals surface area contributed by atoms with Gasteiger partial charge < -0.3 is 10.0 Å². The van der Waals surface area contributed by atoms with Crippen LogP contribution in [-0.2, 0) is 11.3 Å². The number of β-lactam (4-membered cyclic amide) rings is 1. The lowest BCUT2D eigenvalue weighted by Gasteiger charge is -2.44. The fraction of sp³-hybridized carbons (Fsp3) is 0.400. The highest BCUT2D eigenvalue weighted by atomic mass is 16.3. The van der Waals surface area contributed by atoms with Gasteiger partial charge >= 0.3 is 0 Å². The van der Waals surface area contributed by atoms with Gasteiger partial charge in [0.15, 0.2) is 0 Å². The summed E-state index contributed by atoms with van der Waals surface area (Å²) in [5, 5.41) is 9.18. The van der Waals surface area contributed by atoms with Crippen molar-refractivity contribution in [2.45, 2.75) is 32.5 Å². The summed E-state index contributed by atoms with van der Waals surface area (Å²) >= 11 is 0. The molecule has 1 aliphatic heterocycles. The van der Waals surface area contributed by atoms with E-state index in [-0.39, 0.29) is 17.9 Å². The van der Waals surface area contributed by atoms with Crippen molar-refractivity contribution in [2.24, 2.45) is 5.92 Å². The second-order valence-electron chi connectivity index (χ2n) is 4.84. The summed E-state index contributed by atoms with van der Waals surface area (Å²) < 4.78 is 0. The van der Waals surface area contributed by atoms with Gasteiger partial charge in [0.2, 0.25) is 5.91 Å². The van der Waals surface area contributed by atoms with E-state index in [1.807, 2.05) is 48.2 Å². The smallest absolute Gasteiger partial charge is 0.232 e. The van der Waals surface area contributed by atoms with Gasteiger partial charge in [-0.1, -0.05) is 42.5 Å². The minimum absolute atomic E-state index is 0.0803. The SMILES string of the molecule is C[C@H](O)/C=C/[C@@H]1C(=O)N(Cc2ccccc2)[C@H]1C. The van der Waals surface area contributed by atoms with Gasteiger partial charge in [0.25, 0.3) is 0 Å². The molecule has 18 heavy (non-hydrogen) atoms. The predicted molar refractivity (Wildman–Crippen MR) is 70.8 cm³/mol. The van der Waals surface area contributed by atoms with E-state index in [9.17, 15) is 9.90 Å². The molecule has 2 rings (SSSR count). The monoisotopic (exact) mass is 245 g/mol. The molecule has 3 atom stereocenters. The number of amides is 1. The molecule has 0 aromatic heterocycles. The number of nitrogens with zero attached hydrogens (tertiary/aromatic N) is 1. The minimum Gasteiger partial charge on any atom is -0.389 e. The molecule has 3 heteroatoms. The largest absolute Gasteiger partial charge is 0.389 e. The zero-order valence-corrected chi connectivity index (χ0v) is 10.8. The Hall–Kier alpha value is -1.61. The van der Waals surface area contributed by atoms with Gasteiger partial charge in [0, 0.05) is 12.6 Å². The molecule has 3 nitrogen and oxygen atoms in total. The molecule has 1 N–H and O–H groups in total. The molecule has 96 valence electrons. The van der Waals surface area contributed by atoms with E-state index in [0.717, 1.165) is 5.56 Å². The second-order valence-corrected chi connectivity index (χ2v) is 4.84. The lowest BCUT2D eigenvalue weighted by atomic mass is 9.87. The Kier molecular flexibility index (Phi) is 3.82. The van der Waals surface area contributed by atoms with Gasteiger partial charge in [-0.2, -0.15) is 0 Å². The Morgan fingerprint density at radius 1 is 1.39 bits per heavy atom. The van der Waals surface area contributed by atoms with Crippen LogP contribution in [0, 0.1) is 5.92 Å². The van der Waals surface area contributed by atoms with Crippen molar-refractivity contribution < 1.29 is 9.90 Å². The van der Waals surface area contributed by atoms with Crippen LogP contribution >= 0.6 is 0 Å². The van der Waals surface area contributed by atoms with Crippen molar-refractivity contribution >= 4 is 5.91 Å². The third-order valence-corrected chi connectivity index (χ3v) is 3.37. The fourth-order valence-corrected chi connectivity index (χ4v) is 2.24. The highest BCUT2D eigenvalue weighted by Gasteiger charge is 2.42. The molecular weight excluding hydrogens is 226 g/mol. The highest BCUT2D eigenvalue weighted by Crippen LogP contribution is 2.29. The Bertz CT molecular complexity index is 439. The van der Waals surface area contributed by atoms with Crippen LogP contribution in [-0.4, -0.2) is 28.1 Å². The van der Waals surface area contributed by atoms with Crippen molar-refractivity contribution in [3.05, 3.63) is 48.0 Å². The number of aliphatic hydroxyl groups excluding tert-OH is 1. The van der Waals surface area contributed by atoms with Crippen LogP contribution in [0.15, 0.2) is 42.5 Å². The first-order valence-corrected chi connectivity index (χ1v) is 6.30. The zero-order chi connectivity index (χ0) is 13.1. The van der Waals surface area contributed by atoms with Gasteiger partial charge in [-0.25, -0.2) is 0 Å². The molecule has 0 bridgehead atoms. The zero-order valence-electron chi connectivity index (χ0n) is 10.8. The van der Waals surface area contributed by atoms with Gasteiger partial charge in [-0.05, 0) is 19.4 Å². The molecule has 1 aliphatic rings. The van der Waals surface area contributed by atoms with Crippen molar-refractivity contribution in [2.75, 3.05) is 0 Å². The Morgan fingerprint density at radius 2 is 2.06 bits per heavy atom. The Morgan fingerprint density at radius 3 is 2.61 bits per heavy atom. The van der Waals surface area contributed by atoms with E-state index in [1.165, 1.54) is 0 Å². The van der Waals surface area contributed by atoms with Crippen molar-refractivity contribution in [1.29, 1.82) is 0 Å². The molecular formula is C15H19NO2. The molecule has 0 aliphatic carbocycles. The number of hydrogen-bond acceptors (Lipinski definition) is 2. The first-order valence-electron chi connectivity index (χ1n) is 6.30. The van der Waals surface area contributed by atoms with Crippen LogP contribution in [0.5, 0.6) is 0 Å². The minimum atomic E-state index is -0.492. The summed E-state index contributed by atoms with van der Waals surface area (Å²) in [5.74, 6) is 0.0616. The highest BCUT2D eigenvalue weighted by molar-refractivity contribution is 5.87. The molecule has 0 spiro atoms. The molecule has 0 unspecified atom stereocenters. The maximum absolute atomic E-state index is 12.0. The number of rotatable bonds is 4. The number of carbonyl (C=O) groups excluding carboxylic acids is 1. The van der Waals surface area contributed by atoms with Crippen LogP contribution in [0.2, 0.25) is 0 Å². The first-order chi connectivity index (χ1) is 8.59. The number of carbonyl (C=O) groups is 1. The van der Waals surface area contributed by atoms with Crippen molar-refractivity contribution in [1.82, 2.24) is 4.90 Å².